The first-order valence-corrected chi connectivity index (χ1v) is 10.5. The summed E-state index contributed by atoms with van der Waals surface area (Å²) in [5, 5.41) is 5.91. The molecule has 0 saturated carbocycles. The number of nitrogens with two attached hydrogens (primary N) is 1. The molecule has 1 atom stereocenters. The maximum Gasteiger partial charge on any atom is 0.354 e. The SMILES string of the molecule is NC1CCN(CCc2ccc(-n3ccc(NC(=O)N4CCNCC4)nc3=O)cc2)C1. The number of likely N-dealkylation sites (tertiary alicyclic amines) is 1. The predicted octanol–water partition coefficient (Wildman–Crippen LogP) is 0.245. The molecule has 2 amide bonds. The van der Waals surface area contributed by atoms with E-state index >= 15 is 0 Å². The van der Waals surface area contributed by atoms with Crippen LogP contribution in [-0.2, 0) is 6.42 Å². The minimum atomic E-state index is -0.424. The van der Waals surface area contributed by atoms with Crippen LogP contribution in [0.2, 0.25) is 0 Å². The predicted molar refractivity (Wildman–Crippen MR) is 116 cm³/mol. The quantitative estimate of drug-likeness (QED) is 0.651. The molecule has 0 aliphatic carbocycles. The first-order valence-electron chi connectivity index (χ1n) is 10.5. The van der Waals surface area contributed by atoms with Crippen LogP contribution in [0.5, 0.6) is 0 Å². The fourth-order valence-electron chi connectivity index (χ4n) is 3.90. The van der Waals surface area contributed by atoms with Gasteiger partial charge in [0.15, 0.2) is 0 Å². The molecule has 9 nitrogen and oxygen atoms in total. The van der Waals surface area contributed by atoms with Gasteiger partial charge in [0.1, 0.15) is 5.82 Å². The first kappa shape index (κ1) is 20.5. The lowest BCUT2D eigenvalue weighted by atomic mass is 10.1. The smallest absolute Gasteiger partial charge is 0.326 e. The van der Waals surface area contributed by atoms with Gasteiger partial charge in [0.25, 0.3) is 0 Å². The number of benzene rings is 1. The highest BCUT2D eigenvalue weighted by Crippen LogP contribution is 2.12. The number of urea groups is 1. The van der Waals surface area contributed by atoms with E-state index in [2.05, 4.69) is 20.5 Å². The van der Waals surface area contributed by atoms with Crippen LogP contribution in [0.15, 0.2) is 41.3 Å². The Morgan fingerprint density at radius 1 is 1.17 bits per heavy atom. The zero-order valence-corrected chi connectivity index (χ0v) is 17.1. The summed E-state index contributed by atoms with van der Waals surface area (Å²) in [5.74, 6) is 0.264. The minimum absolute atomic E-state index is 0.232. The van der Waals surface area contributed by atoms with Crippen molar-refractivity contribution in [3.63, 3.8) is 0 Å². The van der Waals surface area contributed by atoms with Crippen molar-refractivity contribution >= 4 is 11.8 Å². The highest BCUT2D eigenvalue weighted by Gasteiger charge is 2.18. The van der Waals surface area contributed by atoms with Gasteiger partial charge in [-0.3, -0.25) is 9.88 Å². The highest BCUT2D eigenvalue weighted by molar-refractivity contribution is 5.88. The number of carbonyl (C=O) groups is 1. The van der Waals surface area contributed by atoms with E-state index in [-0.39, 0.29) is 11.8 Å². The summed E-state index contributed by atoms with van der Waals surface area (Å²) in [6.07, 6.45) is 3.67. The zero-order valence-electron chi connectivity index (χ0n) is 17.1. The molecule has 4 N–H and O–H groups in total. The molecule has 0 spiro atoms. The molecule has 4 rings (SSSR count). The number of piperazine rings is 1. The lowest BCUT2D eigenvalue weighted by Gasteiger charge is -2.27. The minimum Gasteiger partial charge on any atom is -0.326 e. The Bertz CT molecular complexity index is 922. The van der Waals surface area contributed by atoms with Crippen molar-refractivity contribution in [3.05, 3.63) is 52.6 Å². The van der Waals surface area contributed by atoms with Crippen LogP contribution in [0, 0.1) is 0 Å². The Morgan fingerprint density at radius 3 is 2.60 bits per heavy atom. The maximum atomic E-state index is 12.5. The summed E-state index contributed by atoms with van der Waals surface area (Å²) >= 11 is 0. The zero-order chi connectivity index (χ0) is 20.9. The Balaban J connectivity index is 1.36. The number of carbonyl (C=O) groups excluding carboxylic acids is 1. The number of nitrogens with zero attached hydrogens (tertiary/aromatic N) is 4. The molecule has 1 unspecified atom stereocenters. The van der Waals surface area contributed by atoms with Gasteiger partial charge in [-0.25, -0.2) is 9.59 Å². The van der Waals surface area contributed by atoms with Crippen molar-refractivity contribution in [2.24, 2.45) is 5.73 Å². The number of aromatic nitrogens is 2. The van der Waals surface area contributed by atoms with Gasteiger partial charge in [-0.2, -0.15) is 4.98 Å². The summed E-state index contributed by atoms with van der Waals surface area (Å²) in [6, 6.07) is 9.64. The van der Waals surface area contributed by atoms with Gasteiger partial charge in [-0.15, -0.1) is 0 Å². The van der Waals surface area contributed by atoms with Crippen LogP contribution in [0.25, 0.3) is 5.69 Å². The normalized spacial score (nSPS) is 19.8. The summed E-state index contributed by atoms with van der Waals surface area (Å²) in [5.41, 5.74) is 7.51. The van der Waals surface area contributed by atoms with E-state index in [4.69, 9.17) is 5.73 Å². The molecule has 0 bridgehead atoms. The fourth-order valence-corrected chi connectivity index (χ4v) is 3.90. The van der Waals surface area contributed by atoms with Gasteiger partial charge >= 0.3 is 11.7 Å². The third kappa shape index (κ3) is 5.05. The number of rotatable bonds is 5. The lowest BCUT2D eigenvalue weighted by Crippen LogP contribution is -2.48. The molecule has 160 valence electrons. The molecule has 2 aliphatic rings. The number of hydrogen-bond acceptors (Lipinski definition) is 6. The van der Waals surface area contributed by atoms with E-state index in [0.29, 0.717) is 19.1 Å². The van der Waals surface area contributed by atoms with Crippen molar-refractivity contribution in [1.29, 1.82) is 0 Å². The van der Waals surface area contributed by atoms with E-state index in [1.54, 1.807) is 17.2 Å². The molecule has 1 aromatic heterocycles. The Labute approximate surface area is 175 Å². The average Bonchev–Trinajstić information content (AvgIpc) is 3.19. The van der Waals surface area contributed by atoms with Crippen molar-refractivity contribution in [3.8, 4) is 5.69 Å². The summed E-state index contributed by atoms with van der Waals surface area (Å²) in [4.78, 5) is 32.9. The molecule has 1 aromatic carbocycles. The van der Waals surface area contributed by atoms with Gasteiger partial charge in [-0.05, 0) is 43.1 Å². The third-order valence-electron chi connectivity index (χ3n) is 5.68. The van der Waals surface area contributed by atoms with Crippen LogP contribution < -0.4 is 22.1 Å². The lowest BCUT2D eigenvalue weighted by molar-refractivity contribution is 0.204. The molecule has 0 radical (unpaired) electrons. The Morgan fingerprint density at radius 2 is 1.93 bits per heavy atom. The van der Waals surface area contributed by atoms with Gasteiger partial charge in [0.2, 0.25) is 0 Å². The molecular formula is C21H29N7O2. The maximum absolute atomic E-state index is 12.5. The first-order chi connectivity index (χ1) is 14.6. The summed E-state index contributed by atoms with van der Waals surface area (Å²) < 4.78 is 1.48. The van der Waals surface area contributed by atoms with E-state index in [1.807, 2.05) is 24.3 Å². The van der Waals surface area contributed by atoms with Crippen LogP contribution >= 0.6 is 0 Å². The van der Waals surface area contributed by atoms with Crippen molar-refractivity contribution in [2.45, 2.75) is 18.9 Å². The standard InChI is InChI=1S/C21H29N7O2/c22-17-6-11-26(15-17)10-5-16-1-3-18(4-2-16)28-12-7-19(25-21(28)30)24-20(29)27-13-8-23-9-14-27/h1-4,7,12,17,23H,5-6,8-11,13-15,22H2,(H,24,25,29,30). The van der Waals surface area contributed by atoms with Crippen LogP contribution in [0.3, 0.4) is 0 Å². The number of anilines is 1. The molecule has 3 heterocycles. The largest absolute Gasteiger partial charge is 0.354 e. The van der Waals surface area contributed by atoms with Crippen LogP contribution in [0.1, 0.15) is 12.0 Å². The van der Waals surface area contributed by atoms with E-state index in [0.717, 1.165) is 51.3 Å². The van der Waals surface area contributed by atoms with Crippen molar-refractivity contribution in [2.75, 3.05) is 51.1 Å². The second kappa shape index (κ2) is 9.38. The Kier molecular flexibility index (Phi) is 6.41. The molecule has 2 aromatic rings. The highest BCUT2D eigenvalue weighted by atomic mass is 16.2. The monoisotopic (exact) mass is 411 g/mol. The molecule has 2 fully saturated rings. The molecule has 2 aliphatic heterocycles. The van der Waals surface area contributed by atoms with E-state index < -0.39 is 5.69 Å². The fraction of sp³-hybridized carbons (Fsp3) is 0.476. The number of amides is 2. The van der Waals surface area contributed by atoms with Gasteiger partial charge in [0.05, 0.1) is 5.69 Å². The molecule has 30 heavy (non-hydrogen) atoms. The number of nitrogens with one attached hydrogen (secondary N) is 2. The topological polar surface area (TPSA) is 109 Å². The van der Waals surface area contributed by atoms with E-state index in [9.17, 15) is 9.59 Å². The van der Waals surface area contributed by atoms with Crippen molar-refractivity contribution in [1.82, 2.24) is 24.7 Å². The summed E-state index contributed by atoms with van der Waals surface area (Å²) in [7, 11) is 0. The van der Waals surface area contributed by atoms with Crippen LogP contribution in [0.4, 0.5) is 10.6 Å². The number of hydrogen-bond donors (Lipinski definition) is 3. The molecular weight excluding hydrogens is 382 g/mol. The van der Waals surface area contributed by atoms with Crippen LogP contribution in [-0.4, -0.2) is 77.2 Å². The van der Waals surface area contributed by atoms with E-state index in [1.165, 1.54) is 10.1 Å². The average molecular weight is 412 g/mol. The summed E-state index contributed by atoms with van der Waals surface area (Å²) in [6.45, 7) is 5.85. The van der Waals surface area contributed by atoms with Gasteiger partial charge < -0.3 is 20.9 Å². The second-order valence-corrected chi connectivity index (χ2v) is 7.90. The third-order valence-corrected chi connectivity index (χ3v) is 5.68. The van der Waals surface area contributed by atoms with Gasteiger partial charge in [-0.1, -0.05) is 12.1 Å². The molecule has 2 saturated heterocycles. The second-order valence-electron chi connectivity index (χ2n) is 7.90. The Hall–Kier alpha value is -2.75. The molecule has 9 heteroatoms. The van der Waals surface area contributed by atoms with Crippen molar-refractivity contribution < 1.29 is 4.79 Å². The van der Waals surface area contributed by atoms with Gasteiger partial charge in [0, 0.05) is 51.5 Å².